The number of nitrogens with zero attached hydrogens (tertiary/aromatic N) is 3. The van der Waals surface area contributed by atoms with Gasteiger partial charge in [0.15, 0.2) is 0 Å². The van der Waals surface area contributed by atoms with Crippen LogP contribution in [0.15, 0.2) is 73.2 Å². The predicted molar refractivity (Wildman–Crippen MR) is 99.4 cm³/mol. The van der Waals surface area contributed by atoms with Gasteiger partial charge in [-0.15, -0.1) is 0 Å². The molecule has 6 nitrogen and oxygen atoms in total. The molecule has 0 saturated carbocycles. The first-order valence-corrected chi connectivity index (χ1v) is 8.53. The van der Waals surface area contributed by atoms with Crippen LogP contribution in [0.25, 0.3) is 10.9 Å². The summed E-state index contributed by atoms with van der Waals surface area (Å²) in [6.45, 7) is 0.483. The number of fused-ring (bicyclic) bond motifs is 1. The van der Waals surface area contributed by atoms with Gasteiger partial charge >= 0.3 is 0 Å². The minimum absolute atomic E-state index is 0.0317. The van der Waals surface area contributed by atoms with E-state index in [2.05, 4.69) is 20.5 Å². The van der Waals surface area contributed by atoms with Crippen LogP contribution in [-0.4, -0.2) is 25.9 Å². The Balaban J connectivity index is 1.52. The highest BCUT2D eigenvalue weighted by Gasteiger charge is 2.17. The highest BCUT2D eigenvalue weighted by Crippen LogP contribution is 2.19. The molecule has 0 radical (unpaired) electrons. The molecule has 2 heterocycles. The van der Waals surface area contributed by atoms with E-state index in [1.54, 1.807) is 17.2 Å². The Bertz CT molecular complexity index is 991. The van der Waals surface area contributed by atoms with Gasteiger partial charge in [-0.1, -0.05) is 48.5 Å². The Labute approximate surface area is 150 Å². The first-order valence-electron chi connectivity index (χ1n) is 8.53. The second-order valence-electron chi connectivity index (χ2n) is 6.15. The molecule has 0 aliphatic heterocycles. The third-order valence-corrected chi connectivity index (χ3v) is 4.38. The van der Waals surface area contributed by atoms with Gasteiger partial charge in [0.05, 0.1) is 31.4 Å². The van der Waals surface area contributed by atoms with Crippen molar-refractivity contribution >= 4 is 16.8 Å². The number of H-pyrrole nitrogens is 1. The highest BCUT2D eigenvalue weighted by atomic mass is 16.1. The summed E-state index contributed by atoms with van der Waals surface area (Å²) in [7, 11) is 0. The summed E-state index contributed by atoms with van der Waals surface area (Å²) in [6, 6.07) is 17.7. The van der Waals surface area contributed by atoms with E-state index in [1.807, 2.05) is 60.8 Å². The van der Waals surface area contributed by atoms with Crippen LogP contribution in [0.1, 0.15) is 17.2 Å². The molecule has 1 amide bonds. The molecule has 4 rings (SSSR count). The first-order chi connectivity index (χ1) is 12.8. The maximum absolute atomic E-state index is 12.7. The quantitative estimate of drug-likeness (QED) is 0.564. The van der Waals surface area contributed by atoms with E-state index >= 15 is 0 Å². The Hall–Kier alpha value is -3.41. The smallest absolute Gasteiger partial charge is 0.225 e. The third-order valence-electron chi connectivity index (χ3n) is 4.38. The number of rotatable bonds is 6. The maximum atomic E-state index is 12.7. The van der Waals surface area contributed by atoms with Crippen molar-refractivity contribution in [1.29, 1.82) is 0 Å². The molecule has 4 aromatic rings. The van der Waals surface area contributed by atoms with Gasteiger partial charge in [0.25, 0.3) is 0 Å². The molecule has 0 aliphatic rings. The normalized spacial score (nSPS) is 12.2. The zero-order chi connectivity index (χ0) is 17.8. The van der Waals surface area contributed by atoms with E-state index in [0.29, 0.717) is 13.0 Å². The molecular weight excluding hydrogens is 326 g/mol. The number of aromatic amines is 1. The lowest BCUT2D eigenvalue weighted by molar-refractivity contribution is -0.121. The van der Waals surface area contributed by atoms with Crippen LogP contribution in [0, 0.1) is 0 Å². The lowest BCUT2D eigenvalue weighted by atomic mass is 10.1. The van der Waals surface area contributed by atoms with Gasteiger partial charge in [0.2, 0.25) is 5.91 Å². The Kier molecular flexibility index (Phi) is 4.47. The summed E-state index contributed by atoms with van der Waals surface area (Å²) in [5, 5.41) is 12.5. The van der Waals surface area contributed by atoms with Crippen molar-refractivity contribution in [2.75, 3.05) is 0 Å². The van der Waals surface area contributed by atoms with Crippen molar-refractivity contribution < 1.29 is 4.79 Å². The van der Waals surface area contributed by atoms with E-state index < -0.39 is 0 Å². The molecule has 6 heteroatoms. The average molecular weight is 345 g/mol. The molecule has 0 aliphatic carbocycles. The summed E-state index contributed by atoms with van der Waals surface area (Å²) in [6.07, 6.45) is 5.49. The van der Waals surface area contributed by atoms with Gasteiger partial charge in [-0.05, 0) is 17.2 Å². The number of benzene rings is 2. The average Bonchev–Trinajstić information content (AvgIpc) is 3.32. The van der Waals surface area contributed by atoms with Gasteiger partial charge in [-0.25, -0.2) is 0 Å². The summed E-state index contributed by atoms with van der Waals surface area (Å²) in [5.41, 5.74) is 3.05. The molecular formula is C20H19N5O. The van der Waals surface area contributed by atoms with Crippen LogP contribution in [-0.2, 0) is 17.8 Å². The van der Waals surface area contributed by atoms with E-state index in [1.165, 1.54) is 0 Å². The zero-order valence-corrected chi connectivity index (χ0v) is 14.2. The molecule has 1 atom stereocenters. The number of amides is 1. The second-order valence-corrected chi connectivity index (χ2v) is 6.15. The highest BCUT2D eigenvalue weighted by molar-refractivity contribution is 5.88. The lowest BCUT2D eigenvalue weighted by Gasteiger charge is -2.18. The Morgan fingerprint density at radius 3 is 2.58 bits per heavy atom. The summed E-state index contributed by atoms with van der Waals surface area (Å²) in [4.78, 5) is 17.5. The number of carbonyl (C=O) groups is 1. The fourth-order valence-electron chi connectivity index (χ4n) is 3.12. The number of nitrogens with one attached hydrogen (secondary N) is 2. The van der Waals surface area contributed by atoms with Crippen molar-refractivity contribution in [2.24, 2.45) is 0 Å². The molecule has 26 heavy (non-hydrogen) atoms. The van der Waals surface area contributed by atoms with Crippen LogP contribution in [0.3, 0.4) is 0 Å². The van der Waals surface area contributed by atoms with Gasteiger partial charge in [-0.3, -0.25) is 4.79 Å². The van der Waals surface area contributed by atoms with Crippen LogP contribution < -0.4 is 5.32 Å². The second kappa shape index (κ2) is 7.23. The van der Waals surface area contributed by atoms with Crippen LogP contribution in [0.4, 0.5) is 0 Å². The van der Waals surface area contributed by atoms with E-state index in [-0.39, 0.29) is 11.9 Å². The fourth-order valence-corrected chi connectivity index (χ4v) is 3.12. The topological polar surface area (TPSA) is 75.6 Å². The first kappa shape index (κ1) is 16.1. The van der Waals surface area contributed by atoms with E-state index in [4.69, 9.17) is 0 Å². The molecule has 0 spiro atoms. The van der Waals surface area contributed by atoms with Gasteiger partial charge in [0.1, 0.15) is 0 Å². The summed E-state index contributed by atoms with van der Waals surface area (Å²) < 4.78 is 0. The summed E-state index contributed by atoms with van der Waals surface area (Å²) >= 11 is 0. The molecule has 130 valence electrons. The lowest BCUT2D eigenvalue weighted by Crippen LogP contribution is -2.33. The van der Waals surface area contributed by atoms with Crippen LogP contribution in [0.2, 0.25) is 0 Å². The van der Waals surface area contributed by atoms with Crippen molar-refractivity contribution in [2.45, 2.75) is 19.0 Å². The van der Waals surface area contributed by atoms with Crippen LogP contribution >= 0.6 is 0 Å². The molecule has 1 unspecified atom stereocenters. The van der Waals surface area contributed by atoms with Crippen molar-refractivity contribution in [3.63, 3.8) is 0 Å². The van der Waals surface area contributed by atoms with Crippen molar-refractivity contribution in [3.05, 3.63) is 84.3 Å². The van der Waals surface area contributed by atoms with Gasteiger partial charge in [-0.2, -0.15) is 15.0 Å². The number of hydrogen-bond acceptors (Lipinski definition) is 3. The zero-order valence-electron chi connectivity index (χ0n) is 14.2. The van der Waals surface area contributed by atoms with Crippen LogP contribution in [0.5, 0.6) is 0 Å². The Morgan fingerprint density at radius 2 is 1.77 bits per heavy atom. The summed E-state index contributed by atoms with van der Waals surface area (Å²) in [5.74, 6) is -0.0317. The van der Waals surface area contributed by atoms with E-state index in [0.717, 1.165) is 22.0 Å². The Morgan fingerprint density at radius 1 is 1.04 bits per heavy atom. The van der Waals surface area contributed by atoms with Gasteiger partial charge in [0, 0.05) is 17.1 Å². The molecule has 2 aromatic carbocycles. The minimum Gasteiger partial charge on any atom is -0.361 e. The van der Waals surface area contributed by atoms with Crippen molar-refractivity contribution in [1.82, 2.24) is 25.3 Å². The third kappa shape index (κ3) is 3.49. The van der Waals surface area contributed by atoms with Gasteiger partial charge < -0.3 is 10.3 Å². The fraction of sp³-hybridized carbons (Fsp3) is 0.150. The number of hydrogen-bond donors (Lipinski definition) is 2. The standard InChI is InChI=1S/C20H19N5O/c26-20(12-16-13-21-18-9-5-4-8-17(16)18)24-19(14-25-22-10-11-23-25)15-6-2-1-3-7-15/h1-11,13,19,21H,12,14H2,(H,24,26). The minimum atomic E-state index is -0.193. The SMILES string of the molecule is O=C(Cc1c[nH]c2ccccc12)NC(Cn1nccn1)c1ccccc1. The molecule has 0 saturated heterocycles. The molecule has 2 N–H and O–H groups in total. The number of carbonyl (C=O) groups excluding carboxylic acids is 1. The maximum Gasteiger partial charge on any atom is 0.225 e. The molecule has 0 bridgehead atoms. The largest absolute Gasteiger partial charge is 0.361 e. The van der Waals surface area contributed by atoms with Crippen molar-refractivity contribution in [3.8, 4) is 0 Å². The molecule has 2 aromatic heterocycles. The monoisotopic (exact) mass is 345 g/mol. The number of aromatic nitrogens is 4. The molecule has 0 fully saturated rings. The number of para-hydroxylation sites is 1. The van der Waals surface area contributed by atoms with E-state index in [9.17, 15) is 4.79 Å². The predicted octanol–water partition coefficient (Wildman–Crippen LogP) is 2.86.